The van der Waals surface area contributed by atoms with E-state index in [0.29, 0.717) is 19.0 Å². The van der Waals surface area contributed by atoms with Gasteiger partial charge in [0, 0.05) is 28.3 Å². The maximum absolute atomic E-state index is 13.5. The minimum atomic E-state index is -3.90. The fourth-order valence-corrected chi connectivity index (χ4v) is 8.14. The second kappa shape index (κ2) is 8.03. The molecule has 0 unspecified atom stereocenters. The molecule has 8 heteroatoms. The van der Waals surface area contributed by atoms with Gasteiger partial charge in [0.1, 0.15) is 4.90 Å². The molecule has 1 aliphatic carbocycles. The summed E-state index contributed by atoms with van der Waals surface area (Å²) in [5, 5.41) is 6.53. The molecule has 166 valence electrons. The van der Waals surface area contributed by atoms with Crippen molar-refractivity contribution in [3.8, 4) is 0 Å². The standard InChI is InChI=1S/C23H26ClFN2O2S2/c24-19-13-18-21(14-22(19)31(26,28)29)30-20-12-16(15-6-10-27(25)11-7-15)4-5-17(20)23(18)8-2-1-3-9-23/h4-5,12-15H,1-3,6-11H2,(H2,26,28,29). The first-order chi connectivity index (χ1) is 14.8. The Morgan fingerprint density at radius 2 is 1.71 bits per heavy atom. The molecule has 0 aromatic heterocycles. The molecule has 5 rings (SSSR count). The molecule has 3 aliphatic rings. The Balaban J connectivity index is 1.63. The van der Waals surface area contributed by atoms with Gasteiger partial charge in [0.15, 0.2) is 0 Å². The van der Waals surface area contributed by atoms with Gasteiger partial charge in [-0.3, -0.25) is 0 Å². The number of rotatable bonds is 2. The van der Waals surface area contributed by atoms with Crippen LogP contribution in [0.2, 0.25) is 5.02 Å². The number of hydrogen-bond acceptors (Lipinski definition) is 4. The summed E-state index contributed by atoms with van der Waals surface area (Å²) >= 11 is 8.02. The lowest BCUT2D eigenvalue weighted by Gasteiger charge is -2.44. The SMILES string of the molecule is NS(=O)(=O)c1cc2c(cc1Cl)C1(CCCCC1)c1ccc(C3CCN(F)CC3)cc1S2. The highest BCUT2D eigenvalue weighted by Crippen LogP contribution is 2.56. The average molecular weight is 481 g/mol. The Kier molecular flexibility index (Phi) is 5.62. The smallest absolute Gasteiger partial charge is 0.225 e. The lowest BCUT2D eigenvalue weighted by atomic mass is 9.65. The zero-order valence-corrected chi connectivity index (χ0v) is 19.6. The van der Waals surface area contributed by atoms with Crippen molar-refractivity contribution >= 4 is 33.4 Å². The van der Waals surface area contributed by atoms with Crippen LogP contribution >= 0.6 is 23.4 Å². The van der Waals surface area contributed by atoms with Crippen LogP contribution in [0.3, 0.4) is 0 Å². The van der Waals surface area contributed by atoms with Gasteiger partial charge < -0.3 is 0 Å². The summed E-state index contributed by atoms with van der Waals surface area (Å²) in [6.07, 6.45) is 7.15. The minimum absolute atomic E-state index is 0.0127. The van der Waals surface area contributed by atoms with Gasteiger partial charge in [0.25, 0.3) is 0 Å². The Morgan fingerprint density at radius 1 is 1.03 bits per heavy atom. The predicted molar refractivity (Wildman–Crippen MR) is 122 cm³/mol. The molecule has 2 aliphatic heterocycles. The molecule has 0 bridgehead atoms. The van der Waals surface area contributed by atoms with Crippen LogP contribution in [-0.4, -0.2) is 26.6 Å². The Morgan fingerprint density at radius 3 is 2.39 bits per heavy atom. The molecule has 0 amide bonds. The van der Waals surface area contributed by atoms with Crippen molar-refractivity contribution in [2.45, 2.75) is 71.0 Å². The summed E-state index contributed by atoms with van der Waals surface area (Å²) in [5.41, 5.74) is 3.54. The molecule has 2 aromatic rings. The topological polar surface area (TPSA) is 63.4 Å². The highest BCUT2D eigenvalue weighted by atomic mass is 35.5. The van der Waals surface area contributed by atoms with Crippen molar-refractivity contribution in [2.24, 2.45) is 5.14 Å². The Hall–Kier alpha value is -1.12. The van der Waals surface area contributed by atoms with Gasteiger partial charge in [-0.25, -0.2) is 13.6 Å². The summed E-state index contributed by atoms with van der Waals surface area (Å²) in [5.74, 6) is 0.354. The van der Waals surface area contributed by atoms with E-state index in [1.54, 1.807) is 17.8 Å². The molecule has 0 atom stereocenters. The number of hydrogen-bond donors (Lipinski definition) is 1. The highest BCUT2D eigenvalue weighted by Gasteiger charge is 2.43. The van der Waals surface area contributed by atoms with Gasteiger partial charge in [0.2, 0.25) is 10.0 Å². The summed E-state index contributed by atoms with van der Waals surface area (Å²) in [6, 6.07) is 10.2. The third kappa shape index (κ3) is 3.82. The first kappa shape index (κ1) is 21.7. The fourth-order valence-electron chi connectivity index (χ4n) is 5.62. The zero-order chi connectivity index (χ0) is 21.8. The molecule has 2 N–H and O–H groups in total. The highest BCUT2D eigenvalue weighted by molar-refractivity contribution is 7.99. The van der Waals surface area contributed by atoms with Crippen molar-refractivity contribution in [1.29, 1.82) is 0 Å². The summed E-state index contributed by atoms with van der Waals surface area (Å²) in [6.45, 7) is 0.940. The Labute approximate surface area is 192 Å². The number of nitrogens with two attached hydrogens (primary N) is 1. The molecule has 1 saturated carbocycles. The van der Waals surface area contributed by atoms with Crippen LogP contribution in [0, 0.1) is 0 Å². The van der Waals surface area contributed by atoms with Gasteiger partial charge in [-0.1, -0.05) is 54.8 Å². The third-order valence-corrected chi connectivity index (χ3v) is 9.71. The average Bonchev–Trinajstić information content (AvgIpc) is 2.74. The van der Waals surface area contributed by atoms with Crippen LogP contribution < -0.4 is 5.14 Å². The number of halogens is 2. The fraction of sp³-hybridized carbons (Fsp3) is 0.478. The molecular formula is C23H26ClFN2O2S2. The number of sulfonamides is 1. The second-order valence-electron chi connectivity index (χ2n) is 9.01. The van der Waals surface area contributed by atoms with Crippen LogP contribution in [0.4, 0.5) is 4.48 Å². The van der Waals surface area contributed by atoms with Crippen molar-refractivity contribution in [3.63, 3.8) is 0 Å². The van der Waals surface area contributed by atoms with Crippen molar-refractivity contribution in [3.05, 3.63) is 52.0 Å². The summed E-state index contributed by atoms with van der Waals surface area (Å²) < 4.78 is 37.7. The number of fused-ring (bicyclic) bond motifs is 4. The molecular weight excluding hydrogens is 455 g/mol. The van der Waals surface area contributed by atoms with E-state index < -0.39 is 10.0 Å². The van der Waals surface area contributed by atoms with Crippen molar-refractivity contribution in [1.82, 2.24) is 5.12 Å². The Bertz CT molecular complexity index is 1120. The van der Waals surface area contributed by atoms with Gasteiger partial charge in [-0.2, -0.15) is 0 Å². The predicted octanol–water partition coefficient (Wildman–Crippen LogP) is 5.77. The van der Waals surface area contributed by atoms with Gasteiger partial charge >= 0.3 is 0 Å². The molecule has 2 aromatic carbocycles. The lowest BCUT2D eigenvalue weighted by Crippen LogP contribution is -2.34. The summed E-state index contributed by atoms with van der Waals surface area (Å²) in [7, 11) is -3.90. The molecule has 1 saturated heterocycles. The molecule has 2 fully saturated rings. The molecule has 4 nitrogen and oxygen atoms in total. The van der Waals surface area contributed by atoms with E-state index in [2.05, 4.69) is 18.2 Å². The van der Waals surface area contributed by atoms with E-state index in [1.807, 2.05) is 6.07 Å². The molecule has 2 heterocycles. The van der Waals surface area contributed by atoms with E-state index in [-0.39, 0.29) is 15.3 Å². The second-order valence-corrected chi connectivity index (χ2v) is 12.0. The number of benzene rings is 2. The van der Waals surface area contributed by atoms with Crippen molar-refractivity contribution in [2.75, 3.05) is 13.1 Å². The molecule has 1 spiro atoms. The quantitative estimate of drug-likeness (QED) is 0.554. The normalized spacial score (nSPS) is 21.6. The van der Waals surface area contributed by atoms with Crippen LogP contribution in [0.5, 0.6) is 0 Å². The summed E-state index contributed by atoms with van der Waals surface area (Å²) in [4.78, 5) is 2.09. The zero-order valence-electron chi connectivity index (χ0n) is 17.2. The van der Waals surface area contributed by atoms with Gasteiger partial charge in [-0.15, -0.1) is 9.60 Å². The van der Waals surface area contributed by atoms with Gasteiger partial charge in [-0.05, 0) is 66.5 Å². The number of nitrogens with zero attached hydrogens (tertiary/aromatic N) is 1. The van der Waals surface area contributed by atoms with Crippen LogP contribution in [0.15, 0.2) is 45.0 Å². The van der Waals surface area contributed by atoms with Gasteiger partial charge in [0.05, 0.1) is 5.02 Å². The van der Waals surface area contributed by atoms with Crippen LogP contribution in [0.1, 0.15) is 67.6 Å². The largest absolute Gasteiger partial charge is 0.239 e. The first-order valence-electron chi connectivity index (χ1n) is 10.9. The monoisotopic (exact) mass is 480 g/mol. The first-order valence-corrected chi connectivity index (χ1v) is 13.6. The number of primary sulfonamides is 1. The molecule has 31 heavy (non-hydrogen) atoms. The van der Waals surface area contributed by atoms with E-state index in [4.69, 9.17) is 16.7 Å². The maximum atomic E-state index is 13.5. The third-order valence-electron chi connectivity index (χ3n) is 7.22. The molecule has 0 radical (unpaired) electrons. The van der Waals surface area contributed by atoms with Crippen LogP contribution in [0.25, 0.3) is 0 Å². The number of piperidine rings is 1. The minimum Gasteiger partial charge on any atom is -0.225 e. The maximum Gasteiger partial charge on any atom is 0.239 e. The lowest BCUT2D eigenvalue weighted by molar-refractivity contribution is 0.000709. The van der Waals surface area contributed by atoms with E-state index in [0.717, 1.165) is 54.1 Å². The van der Waals surface area contributed by atoms with Crippen LogP contribution in [-0.2, 0) is 15.4 Å². The van der Waals surface area contributed by atoms with E-state index in [1.165, 1.54) is 22.4 Å². The van der Waals surface area contributed by atoms with E-state index in [9.17, 15) is 12.9 Å². The van der Waals surface area contributed by atoms with E-state index >= 15 is 0 Å². The van der Waals surface area contributed by atoms with Crippen molar-refractivity contribution < 1.29 is 12.9 Å².